The van der Waals surface area contributed by atoms with Crippen molar-refractivity contribution in [2.45, 2.75) is 6.92 Å². The summed E-state index contributed by atoms with van der Waals surface area (Å²) in [4.78, 5) is 5.38. The zero-order chi connectivity index (χ0) is 9.26. The molecule has 0 unspecified atom stereocenters. The maximum absolute atomic E-state index is 9.37. The minimum Gasteiger partial charge on any atom is -0.506 e. The van der Waals surface area contributed by atoms with Crippen molar-refractivity contribution in [3.8, 4) is 11.4 Å². The quantitative estimate of drug-likeness (QED) is 0.693. The maximum Gasteiger partial charge on any atom is 0.138 e. The highest BCUT2D eigenvalue weighted by atomic mass is 16.3. The van der Waals surface area contributed by atoms with Crippen molar-refractivity contribution in [2.24, 2.45) is 0 Å². The minimum atomic E-state index is 0.148. The molecule has 1 N–H and O–H groups in total. The number of aromatic hydroxyl groups is 1. The van der Waals surface area contributed by atoms with Crippen LogP contribution in [0.3, 0.4) is 0 Å². The molecule has 0 aliphatic rings. The Bertz CT molecular complexity index is 410. The lowest BCUT2D eigenvalue weighted by Crippen LogP contribution is -1.99. The van der Waals surface area contributed by atoms with E-state index in [9.17, 15) is 5.11 Å². The fraction of sp³-hybridized carbons (Fsp3) is 0.125. The number of hydrogen-bond donors (Lipinski definition) is 1. The fourth-order valence-corrected chi connectivity index (χ4v) is 0.969. The molecule has 0 spiro atoms. The molecule has 0 radical (unpaired) electrons. The molecule has 0 saturated heterocycles. The van der Waals surface area contributed by atoms with Gasteiger partial charge in [0.15, 0.2) is 0 Å². The maximum atomic E-state index is 9.37. The second kappa shape index (κ2) is 2.85. The van der Waals surface area contributed by atoms with Crippen molar-refractivity contribution in [3.63, 3.8) is 0 Å². The Labute approximate surface area is 74.7 Å². The topological polar surface area (TPSA) is 63.8 Å². The summed E-state index contributed by atoms with van der Waals surface area (Å²) in [6.07, 6.45) is 4.74. The van der Waals surface area contributed by atoms with Crippen LogP contribution < -0.4 is 0 Å². The van der Waals surface area contributed by atoms with E-state index in [1.54, 1.807) is 31.6 Å². The Balaban J connectivity index is 2.49. The van der Waals surface area contributed by atoms with Crippen LogP contribution in [0.5, 0.6) is 5.75 Å². The standard InChI is InChI=1S/C8H8N4O/c1-6-8(13)4-7(5-9-6)12-10-2-3-11-12/h2-5,13H,1H3. The Morgan fingerprint density at radius 3 is 2.62 bits per heavy atom. The molecule has 0 fully saturated rings. The summed E-state index contributed by atoms with van der Waals surface area (Å²) >= 11 is 0. The predicted octanol–water partition coefficient (Wildman–Crippen LogP) is 0.676. The zero-order valence-electron chi connectivity index (χ0n) is 7.05. The SMILES string of the molecule is Cc1ncc(-n2nccn2)cc1O. The molecule has 2 aromatic rings. The van der Waals surface area contributed by atoms with Gasteiger partial charge >= 0.3 is 0 Å². The monoisotopic (exact) mass is 176 g/mol. The molecule has 2 aromatic heterocycles. The van der Waals surface area contributed by atoms with Gasteiger partial charge in [0.2, 0.25) is 0 Å². The van der Waals surface area contributed by atoms with Crippen molar-refractivity contribution in [1.82, 2.24) is 20.0 Å². The number of rotatable bonds is 1. The van der Waals surface area contributed by atoms with E-state index < -0.39 is 0 Å². The smallest absolute Gasteiger partial charge is 0.138 e. The fourth-order valence-electron chi connectivity index (χ4n) is 0.969. The van der Waals surface area contributed by atoms with Gasteiger partial charge in [-0.25, -0.2) is 0 Å². The summed E-state index contributed by atoms with van der Waals surface area (Å²) in [6, 6.07) is 1.57. The van der Waals surface area contributed by atoms with Gasteiger partial charge in [-0.1, -0.05) is 0 Å². The second-order valence-electron chi connectivity index (χ2n) is 2.62. The van der Waals surface area contributed by atoms with Gasteiger partial charge in [0, 0.05) is 6.07 Å². The van der Waals surface area contributed by atoms with Crippen molar-refractivity contribution in [2.75, 3.05) is 0 Å². The number of aryl methyl sites for hydroxylation is 1. The molecule has 2 rings (SSSR count). The van der Waals surface area contributed by atoms with Crippen LogP contribution in [0, 0.1) is 6.92 Å². The van der Waals surface area contributed by atoms with E-state index in [0.29, 0.717) is 11.4 Å². The number of nitrogens with zero attached hydrogens (tertiary/aromatic N) is 4. The minimum absolute atomic E-state index is 0.148. The van der Waals surface area contributed by atoms with Crippen LogP contribution in [0.4, 0.5) is 0 Å². The molecular formula is C8H8N4O. The predicted molar refractivity (Wildman–Crippen MR) is 45.6 cm³/mol. The summed E-state index contributed by atoms with van der Waals surface area (Å²) in [6.45, 7) is 1.73. The molecule has 5 nitrogen and oxygen atoms in total. The van der Waals surface area contributed by atoms with Gasteiger partial charge in [-0.05, 0) is 6.92 Å². The van der Waals surface area contributed by atoms with E-state index in [-0.39, 0.29) is 5.75 Å². The van der Waals surface area contributed by atoms with Gasteiger partial charge in [0.1, 0.15) is 11.4 Å². The first kappa shape index (κ1) is 7.72. The number of aromatic nitrogens is 4. The van der Waals surface area contributed by atoms with E-state index in [4.69, 9.17) is 0 Å². The van der Waals surface area contributed by atoms with Crippen LogP contribution in [0.1, 0.15) is 5.69 Å². The van der Waals surface area contributed by atoms with E-state index in [0.717, 1.165) is 0 Å². The van der Waals surface area contributed by atoms with Gasteiger partial charge in [-0.15, -0.1) is 4.80 Å². The van der Waals surface area contributed by atoms with Gasteiger partial charge in [-0.2, -0.15) is 10.2 Å². The molecular weight excluding hydrogens is 168 g/mol. The molecule has 0 saturated carbocycles. The molecule has 2 heterocycles. The van der Waals surface area contributed by atoms with E-state index in [1.807, 2.05) is 0 Å². The van der Waals surface area contributed by atoms with Crippen LogP contribution in [0.25, 0.3) is 5.69 Å². The highest BCUT2D eigenvalue weighted by molar-refractivity contribution is 5.36. The summed E-state index contributed by atoms with van der Waals surface area (Å²) in [5, 5.41) is 17.2. The van der Waals surface area contributed by atoms with E-state index in [2.05, 4.69) is 15.2 Å². The average Bonchev–Trinajstić information content (AvgIpc) is 2.62. The summed E-state index contributed by atoms with van der Waals surface area (Å²) in [5.74, 6) is 0.148. The van der Waals surface area contributed by atoms with Gasteiger partial charge < -0.3 is 5.11 Å². The molecule has 66 valence electrons. The van der Waals surface area contributed by atoms with Crippen molar-refractivity contribution >= 4 is 0 Å². The Kier molecular flexibility index (Phi) is 1.70. The molecule has 0 atom stereocenters. The Hall–Kier alpha value is -1.91. The first-order valence-electron chi connectivity index (χ1n) is 3.79. The largest absolute Gasteiger partial charge is 0.506 e. The van der Waals surface area contributed by atoms with E-state index in [1.165, 1.54) is 4.80 Å². The molecule has 0 aliphatic carbocycles. The third kappa shape index (κ3) is 1.35. The third-order valence-electron chi connectivity index (χ3n) is 1.70. The van der Waals surface area contributed by atoms with Crippen LogP contribution in [0.15, 0.2) is 24.7 Å². The van der Waals surface area contributed by atoms with E-state index >= 15 is 0 Å². The van der Waals surface area contributed by atoms with Gasteiger partial charge in [-0.3, -0.25) is 4.98 Å². The van der Waals surface area contributed by atoms with Crippen LogP contribution in [0.2, 0.25) is 0 Å². The lowest BCUT2D eigenvalue weighted by atomic mass is 10.3. The van der Waals surface area contributed by atoms with Crippen LogP contribution in [-0.2, 0) is 0 Å². The summed E-state index contributed by atoms with van der Waals surface area (Å²) < 4.78 is 0. The van der Waals surface area contributed by atoms with Gasteiger partial charge in [0.25, 0.3) is 0 Å². The second-order valence-corrected chi connectivity index (χ2v) is 2.62. The summed E-state index contributed by atoms with van der Waals surface area (Å²) in [5.41, 5.74) is 1.24. The van der Waals surface area contributed by atoms with Crippen LogP contribution >= 0.6 is 0 Å². The number of pyridine rings is 1. The Morgan fingerprint density at radius 1 is 1.31 bits per heavy atom. The normalized spacial score (nSPS) is 10.2. The molecule has 0 aromatic carbocycles. The molecule has 13 heavy (non-hydrogen) atoms. The lowest BCUT2D eigenvalue weighted by molar-refractivity contribution is 0.466. The lowest BCUT2D eigenvalue weighted by Gasteiger charge is -2.01. The van der Waals surface area contributed by atoms with Crippen molar-refractivity contribution in [3.05, 3.63) is 30.4 Å². The summed E-state index contributed by atoms with van der Waals surface area (Å²) in [7, 11) is 0. The highest BCUT2D eigenvalue weighted by Gasteiger charge is 2.01. The van der Waals surface area contributed by atoms with Crippen molar-refractivity contribution in [1.29, 1.82) is 0 Å². The average molecular weight is 176 g/mol. The molecule has 0 amide bonds. The zero-order valence-corrected chi connectivity index (χ0v) is 7.05. The Morgan fingerprint density at radius 2 is 2.00 bits per heavy atom. The van der Waals surface area contributed by atoms with Crippen molar-refractivity contribution < 1.29 is 5.11 Å². The third-order valence-corrected chi connectivity index (χ3v) is 1.70. The first-order chi connectivity index (χ1) is 6.27. The first-order valence-corrected chi connectivity index (χ1v) is 3.79. The molecule has 0 aliphatic heterocycles. The molecule has 5 heteroatoms. The molecule has 0 bridgehead atoms. The van der Waals surface area contributed by atoms with Crippen LogP contribution in [-0.4, -0.2) is 25.1 Å². The van der Waals surface area contributed by atoms with Gasteiger partial charge in [0.05, 0.1) is 24.3 Å². The number of hydrogen-bond acceptors (Lipinski definition) is 4. The highest BCUT2D eigenvalue weighted by Crippen LogP contribution is 2.15.